The Morgan fingerprint density at radius 2 is 1.90 bits per heavy atom. The Hall–Kier alpha value is -2.00. The van der Waals surface area contributed by atoms with E-state index >= 15 is 0 Å². The van der Waals surface area contributed by atoms with Crippen LogP contribution in [0.5, 0.6) is 11.5 Å². The highest BCUT2D eigenvalue weighted by Gasteiger charge is 2.31. The van der Waals surface area contributed by atoms with Crippen LogP contribution < -0.4 is 9.47 Å². The van der Waals surface area contributed by atoms with Crippen molar-refractivity contribution in [2.45, 2.75) is 25.6 Å². The maximum atomic E-state index is 10.4. The van der Waals surface area contributed by atoms with Crippen molar-refractivity contribution in [3.05, 3.63) is 59.7 Å². The van der Waals surface area contributed by atoms with Crippen LogP contribution in [0.4, 0.5) is 0 Å². The van der Waals surface area contributed by atoms with Gasteiger partial charge >= 0.3 is 0 Å². The van der Waals surface area contributed by atoms with Gasteiger partial charge in [0.25, 0.3) is 0 Å². The van der Waals surface area contributed by atoms with Crippen LogP contribution in [0.25, 0.3) is 0 Å². The summed E-state index contributed by atoms with van der Waals surface area (Å²) < 4.78 is 11.6. The standard InChI is InChI=1S/C17H18O3/c1-2-12-7-3-5-9-14(12)20-16-11-19-15-10-6-4-8-13(15)17(16)18/h3-10,16-18H,2,11H2,1H3. The maximum Gasteiger partial charge on any atom is 0.163 e. The maximum absolute atomic E-state index is 10.4. The number of ether oxygens (including phenoxy) is 2. The van der Waals surface area contributed by atoms with Crippen molar-refractivity contribution < 1.29 is 14.6 Å². The third-order valence-corrected chi connectivity index (χ3v) is 3.62. The van der Waals surface area contributed by atoms with Crippen LogP contribution in [-0.4, -0.2) is 17.8 Å². The van der Waals surface area contributed by atoms with Crippen LogP contribution in [0.15, 0.2) is 48.5 Å². The van der Waals surface area contributed by atoms with Gasteiger partial charge < -0.3 is 14.6 Å². The summed E-state index contributed by atoms with van der Waals surface area (Å²) in [7, 11) is 0. The number of para-hydroxylation sites is 2. The number of hydrogen-bond acceptors (Lipinski definition) is 3. The highest BCUT2D eigenvalue weighted by atomic mass is 16.5. The van der Waals surface area contributed by atoms with E-state index in [-0.39, 0.29) is 6.10 Å². The number of hydrogen-bond donors (Lipinski definition) is 1. The molecular formula is C17H18O3. The normalized spacial score (nSPS) is 20.9. The number of benzene rings is 2. The monoisotopic (exact) mass is 270 g/mol. The van der Waals surface area contributed by atoms with E-state index < -0.39 is 6.10 Å². The lowest BCUT2D eigenvalue weighted by Gasteiger charge is -2.31. The lowest BCUT2D eigenvalue weighted by atomic mass is 10.0. The number of aliphatic hydroxyl groups is 1. The van der Waals surface area contributed by atoms with E-state index in [0.29, 0.717) is 6.61 Å². The second-order valence-electron chi connectivity index (χ2n) is 4.91. The fourth-order valence-electron chi connectivity index (χ4n) is 2.49. The number of fused-ring (bicyclic) bond motifs is 1. The van der Waals surface area contributed by atoms with Gasteiger partial charge in [-0.05, 0) is 24.1 Å². The zero-order valence-electron chi connectivity index (χ0n) is 11.5. The number of aliphatic hydroxyl groups excluding tert-OH is 1. The second kappa shape index (κ2) is 5.55. The molecule has 1 N–H and O–H groups in total. The van der Waals surface area contributed by atoms with Gasteiger partial charge in [-0.15, -0.1) is 0 Å². The fraction of sp³-hybridized carbons (Fsp3) is 0.294. The molecular weight excluding hydrogens is 252 g/mol. The molecule has 0 aliphatic carbocycles. The van der Waals surface area contributed by atoms with Gasteiger partial charge in [-0.2, -0.15) is 0 Å². The SMILES string of the molecule is CCc1ccccc1OC1COc2ccccc2C1O. The van der Waals surface area contributed by atoms with E-state index in [9.17, 15) is 5.11 Å². The Morgan fingerprint density at radius 3 is 2.75 bits per heavy atom. The summed E-state index contributed by atoms with van der Waals surface area (Å²) in [5, 5.41) is 10.4. The van der Waals surface area contributed by atoms with E-state index in [1.54, 1.807) is 0 Å². The first kappa shape index (κ1) is 13.0. The molecule has 0 fully saturated rings. The van der Waals surface area contributed by atoms with Gasteiger partial charge in [0, 0.05) is 5.56 Å². The van der Waals surface area contributed by atoms with Crippen LogP contribution >= 0.6 is 0 Å². The molecule has 0 aromatic heterocycles. The first-order valence-corrected chi connectivity index (χ1v) is 6.94. The molecule has 1 heterocycles. The summed E-state index contributed by atoms with van der Waals surface area (Å²) >= 11 is 0. The van der Waals surface area contributed by atoms with Crippen LogP contribution in [0, 0.1) is 0 Å². The van der Waals surface area contributed by atoms with E-state index in [0.717, 1.165) is 29.0 Å². The Morgan fingerprint density at radius 1 is 1.15 bits per heavy atom. The molecule has 3 nitrogen and oxygen atoms in total. The van der Waals surface area contributed by atoms with Gasteiger partial charge in [0.2, 0.25) is 0 Å². The minimum Gasteiger partial charge on any atom is -0.489 e. The molecule has 0 bridgehead atoms. The predicted octanol–water partition coefficient (Wildman–Crippen LogP) is 3.12. The molecule has 20 heavy (non-hydrogen) atoms. The molecule has 3 rings (SSSR count). The summed E-state index contributed by atoms with van der Waals surface area (Å²) in [6, 6.07) is 15.5. The highest BCUT2D eigenvalue weighted by Crippen LogP contribution is 2.34. The molecule has 2 unspecified atom stereocenters. The van der Waals surface area contributed by atoms with E-state index in [1.807, 2.05) is 48.5 Å². The summed E-state index contributed by atoms with van der Waals surface area (Å²) in [6.45, 7) is 2.45. The quantitative estimate of drug-likeness (QED) is 0.931. The smallest absolute Gasteiger partial charge is 0.163 e. The van der Waals surface area contributed by atoms with E-state index in [4.69, 9.17) is 9.47 Å². The average molecular weight is 270 g/mol. The fourth-order valence-corrected chi connectivity index (χ4v) is 2.49. The van der Waals surface area contributed by atoms with Gasteiger partial charge in [-0.1, -0.05) is 43.3 Å². The first-order chi connectivity index (χ1) is 9.79. The summed E-state index contributed by atoms with van der Waals surface area (Å²) in [6.07, 6.45) is -0.140. The van der Waals surface area contributed by atoms with Crippen molar-refractivity contribution in [1.82, 2.24) is 0 Å². The van der Waals surface area contributed by atoms with Gasteiger partial charge in [-0.25, -0.2) is 0 Å². The van der Waals surface area contributed by atoms with Gasteiger partial charge in [0.05, 0.1) is 0 Å². The Kier molecular flexibility index (Phi) is 3.61. The van der Waals surface area contributed by atoms with Crippen LogP contribution in [-0.2, 0) is 6.42 Å². The molecule has 3 heteroatoms. The van der Waals surface area contributed by atoms with Crippen molar-refractivity contribution in [2.75, 3.05) is 6.61 Å². The van der Waals surface area contributed by atoms with Gasteiger partial charge in [0.1, 0.15) is 24.2 Å². The molecule has 2 atom stereocenters. The Bertz CT molecular complexity index is 594. The van der Waals surface area contributed by atoms with Crippen molar-refractivity contribution in [3.63, 3.8) is 0 Å². The minimum atomic E-state index is -0.662. The third-order valence-electron chi connectivity index (χ3n) is 3.62. The lowest BCUT2D eigenvalue weighted by molar-refractivity contribution is -0.0106. The van der Waals surface area contributed by atoms with E-state index in [2.05, 4.69) is 6.92 Å². The molecule has 104 valence electrons. The summed E-state index contributed by atoms with van der Waals surface area (Å²) in [5.41, 5.74) is 1.93. The van der Waals surface area contributed by atoms with Crippen molar-refractivity contribution in [2.24, 2.45) is 0 Å². The molecule has 2 aromatic carbocycles. The molecule has 0 saturated heterocycles. The third kappa shape index (κ3) is 2.37. The van der Waals surface area contributed by atoms with Crippen LogP contribution in [0.3, 0.4) is 0 Å². The van der Waals surface area contributed by atoms with Crippen LogP contribution in [0.1, 0.15) is 24.2 Å². The lowest BCUT2D eigenvalue weighted by Crippen LogP contribution is -2.35. The van der Waals surface area contributed by atoms with Crippen molar-refractivity contribution >= 4 is 0 Å². The molecule has 0 amide bonds. The zero-order chi connectivity index (χ0) is 13.9. The Balaban J connectivity index is 1.83. The second-order valence-corrected chi connectivity index (χ2v) is 4.91. The molecule has 1 aliphatic rings. The van der Waals surface area contributed by atoms with Gasteiger partial charge in [-0.3, -0.25) is 0 Å². The number of aryl methyl sites for hydroxylation is 1. The Labute approximate surface area is 118 Å². The topological polar surface area (TPSA) is 38.7 Å². The number of rotatable bonds is 3. The molecule has 0 spiro atoms. The summed E-state index contributed by atoms with van der Waals surface area (Å²) in [5.74, 6) is 1.56. The largest absolute Gasteiger partial charge is 0.489 e. The molecule has 1 aliphatic heterocycles. The highest BCUT2D eigenvalue weighted by molar-refractivity contribution is 5.38. The first-order valence-electron chi connectivity index (χ1n) is 6.94. The van der Waals surface area contributed by atoms with Gasteiger partial charge in [0.15, 0.2) is 6.10 Å². The predicted molar refractivity (Wildman–Crippen MR) is 77.1 cm³/mol. The average Bonchev–Trinajstić information content (AvgIpc) is 2.51. The molecule has 0 radical (unpaired) electrons. The zero-order valence-corrected chi connectivity index (χ0v) is 11.5. The van der Waals surface area contributed by atoms with E-state index in [1.165, 1.54) is 0 Å². The van der Waals surface area contributed by atoms with Crippen LogP contribution in [0.2, 0.25) is 0 Å². The molecule has 2 aromatic rings. The molecule has 0 saturated carbocycles. The van der Waals surface area contributed by atoms with Crippen molar-refractivity contribution in [3.8, 4) is 11.5 Å². The minimum absolute atomic E-state index is 0.357. The van der Waals surface area contributed by atoms with Crippen molar-refractivity contribution in [1.29, 1.82) is 0 Å². The summed E-state index contributed by atoms with van der Waals surface area (Å²) in [4.78, 5) is 0.